The van der Waals surface area contributed by atoms with Gasteiger partial charge in [-0.05, 0) is 75.4 Å². The maximum atomic E-state index is 14.3. The van der Waals surface area contributed by atoms with Gasteiger partial charge in [0.2, 0.25) is 11.8 Å². The number of rotatable bonds is 8. The van der Waals surface area contributed by atoms with Crippen molar-refractivity contribution in [1.29, 1.82) is 0 Å². The van der Waals surface area contributed by atoms with Crippen molar-refractivity contribution in [2.75, 3.05) is 38.6 Å². The Labute approximate surface area is 260 Å². The van der Waals surface area contributed by atoms with E-state index in [9.17, 15) is 13.2 Å². The minimum atomic E-state index is -4.11. The lowest BCUT2D eigenvalue weighted by Gasteiger charge is -2.49. The van der Waals surface area contributed by atoms with Crippen LogP contribution in [-0.2, 0) is 14.8 Å². The number of sulfonamides is 1. The topological polar surface area (TPSA) is 114 Å². The summed E-state index contributed by atoms with van der Waals surface area (Å²) < 4.78 is 41.3. The number of carbonyl (C=O) groups excluding carboxylic acids is 1. The first-order valence-electron chi connectivity index (χ1n) is 15.2. The summed E-state index contributed by atoms with van der Waals surface area (Å²) in [6, 6.07) is 14.0. The lowest BCUT2D eigenvalue weighted by molar-refractivity contribution is -0.00127. The average Bonchev–Trinajstić information content (AvgIpc) is 2.94. The van der Waals surface area contributed by atoms with Gasteiger partial charge in [-0.25, -0.2) is 18.1 Å². The number of ether oxygens (including phenoxy) is 2. The van der Waals surface area contributed by atoms with Crippen LogP contribution < -0.4 is 9.46 Å². The van der Waals surface area contributed by atoms with Crippen LogP contribution in [0.2, 0.25) is 0 Å². The van der Waals surface area contributed by atoms with Gasteiger partial charge < -0.3 is 19.3 Å². The van der Waals surface area contributed by atoms with Crippen LogP contribution in [0.25, 0.3) is 11.3 Å². The zero-order valence-electron chi connectivity index (χ0n) is 26.4. The molecule has 0 unspecified atom stereocenters. The predicted molar refractivity (Wildman–Crippen MR) is 170 cm³/mol. The molecule has 2 aliphatic rings. The molecular formula is C33H43N5O5S. The van der Waals surface area contributed by atoms with Gasteiger partial charge in [-0.2, -0.15) is 4.98 Å². The number of nitrogens with one attached hydrogen (secondary N) is 1. The fourth-order valence-electron chi connectivity index (χ4n) is 6.20. The molecule has 1 amide bonds. The maximum Gasteiger partial charge on any atom is 0.264 e. The predicted octanol–water partition coefficient (Wildman–Crippen LogP) is 4.92. The summed E-state index contributed by atoms with van der Waals surface area (Å²) in [7, 11) is -0.335. The van der Waals surface area contributed by atoms with Crippen molar-refractivity contribution < 1.29 is 22.7 Å². The van der Waals surface area contributed by atoms with Crippen molar-refractivity contribution in [2.24, 2.45) is 5.92 Å². The number of carbonyl (C=O) groups is 1. The van der Waals surface area contributed by atoms with Crippen molar-refractivity contribution in [3.05, 3.63) is 65.2 Å². The highest BCUT2D eigenvalue weighted by atomic mass is 32.2. The number of fused-ring (bicyclic) bond motifs is 4. The number of aromatic nitrogens is 2. The molecule has 0 radical (unpaired) electrons. The van der Waals surface area contributed by atoms with Crippen LogP contribution in [0.5, 0.6) is 5.88 Å². The summed E-state index contributed by atoms with van der Waals surface area (Å²) in [4.78, 5) is 27.5. The van der Waals surface area contributed by atoms with Crippen LogP contribution in [0.4, 0.5) is 5.95 Å². The van der Waals surface area contributed by atoms with Gasteiger partial charge in [0, 0.05) is 42.9 Å². The molecule has 2 aromatic carbocycles. The van der Waals surface area contributed by atoms with E-state index in [-0.39, 0.29) is 47.2 Å². The second-order valence-corrected chi connectivity index (χ2v) is 14.1. The van der Waals surface area contributed by atoms with Crippen LogP contribution in [0.3, 0.4) is 0 Å². The Kier molecular flexibility index (Phi) is 9.57. The molecule has 0 saturated heterocycles. The van der Waals surface area contributed by atoms with Crippen LogP contribution in [0.15, 0.2) is 53.4 Å². The number of aryl methyl sites for hydroxylation is 2. The highest BCUT2D eigenvalue weighted by molar-refractivity contribution is 7.92. The van der Waals surface area contributed by atoms with Crippen LogP contribution in [0, 0.1) is 19.8 Å². The summed E-state index contributed by atoms with van der Waals surface area (Å²) in [5.74, 6) is 0.240. The number of anilines is 1. The van der Waals surface area contributed by atoms with Crippen LogP contribution in [0.1, 0.15) is 54.6 Å². The quantitative estimate of drug-likeness (QED) is 0.377. The maximum absolute atomic E-state index is 14.3. The second-order valence-electron chi connectivity index (χ2n) is 12.4. The highest BCUT2D eigenvalue weighted by Crippen LogP contribution is 2.35. The Morgan fingerprint density at radius 3 is 2.48 bits per heavy atom. The van der Waals surface area contributed by atoms with E-state index in [0.717, 1.165) is 36.1 Å². The van der Waals surface area contributed by atoms with Gasteiger partial charge in [0.15, 0.2) is 0 Å². The molecule has 0 spiro atoms. The Morgan fingerprint density at radius 1 is 1.09 bits per heavy atom. The van der Waals surface area contributed by atoms with E-state index in [1.165, 1.54) is 12.1 Å². The second kappa shape index (κ2) is 13.2. The fourth-order valence-corrected chi connectivity index (χ4v) is 7.19. The van der Waals surface area contributed by atoms with Gasteiger partial charge >= 0.3 is 0 Å². The molecular weight excluding hydrogens is 578 g/mol. The molecule has 2 heterocycles. The van der Waals surface area contributed by atoms with Crippen LogP contribution in [-0.4, -0.2) is 86.1 Å². The molecule has 5 rings (SSSR count). The van der Waals surface area contributed by atoms with Crippen molar-refractivity contribution >= 4 is 21.9 Å². The first-order chi connectivity index (χ1) is 21.0. The lowest BCUT2D eigenvalue weighted by atomic mass is 9.82. The summed E-state index contributed by atoms with van der Waals surface area (Å²) in [5.41, 5.74) is 3.76. The summed E-state index contributed by atoms with van der Waals surface area (Å²) in [6.45, 7) is 9.90. The van der Waals surface area contributed by atoms with E-state index < -0.39 is 10.0 Å². The third-order valence-electron chi connectivity index (χ3n) is 8.60. The number of likely N-dealkylation sites (N-methyl/N-ethyl adjacent to an activating group) is 1. The Balaban J connectivity index is 1.58. The zero-order valence-corrected chi connectivity index (χ0v) is 27.2. The molecule has 44 heavy (non-hydrogen) atoms. The molecule has 1 saturated carbocycles. The van der Waals surface area contributed by atoms with Gasteiger partial charge in [0.25, 0.3) is 15.9 Å². The molecule has 236 valence electrons. The molecule has 10 nitrogen and oxygen atoms in total. The fraction of sp³-hybridized carbons (Fsp3) is 0.485. The molecule has 3 aromatic rings. The molecule has 11 heteroatoms. The number of hydrogen-bond donors (Lipinski definition) is 1. The monoisotopic (exact) mass is 621 g/mol. The van der Waals surface area contributed by atoms with Crippen LogP contribution >= 0.6 is 0 Å². The number of amides is 1. The van der Waals surface area contributed by atoms with Gasteiger partial charge in [-0.3, -0.25) is 4.79 Å². The number of nitrogens with zero attached hydrogens (tertiary/aromatic N) is 4. The van der Waals surface area contributed by atoms with E-state index in [1.807, 2.05) is 36.9 Å². The highest BCUT2D eigenvalue weighted by Gasteiger charge is 2.42. The van der Waals surface area contributed by atoms with Crippen molar-refractivity contribution in [2.45, 2.75) is 70.0 Å². The Bertz CT molecular complexity index is 1590. The smallest absolute Gasteiger partial charge is 0.264 e. The first kappa shape index (κ1) is 31.9. The van der Waals surface area contributed by atoms with E-state index in [1.54, 1.807) is 25.3 Å². The van der Waals surface area contributed by atoms with Gasteiger partial charge in [0.1, 0.15) is 6.61 Å². The van der Waals surface area contributed by atoms with Crippen molar-refractivity contribution in [1.82, 2.24) is 19.8 Å². The normalized spacial score (nSPS) is 21.5. The van der Waals surface area contributed by atoms with Gasteiger partial charge in [0.05, 0.1) is 23.2 Å². The molecule has 1 aromatic heterocycles. The molecule has 4 bridgehead atoms. The number of benzene rings is 2. The third-order valence-corrected chi connectivity index (χ3v) is 9.93. The zero-order chi connectivity index (χ0) is 31.6. The van der Waals surface area contributed by atoms with E-state index >= 15 is 0 Å². The molecule has 1 aliphatic heterocycles. The van der Waals surface area contributed by atoms with Crippen molar-refractivity contribution in [3.63, 3.8) is 0 Å². The lowest BCUT2D eigenvalue weighted by Crippen LogP contribution is -2.59. The summed E-state index contributed by atoms with van der Waals surface area (Å²) in [6.07, 6.45) is 2.34. The van der Waals surface area contributed by atoms with Gasteiger partial charge in [-0.15, -0.1) is 0 Å². The molecule has 1 atom stereocenters. The SMILES string of the molecule is COCCN(C)C1CC(N2C(=O)c3cccc(c3)S(=O)(=O)Nc3nc(cc(-c4c(C)cccc4C)n3)OC[C@H]2CC(C)C)C1. The first-order valence-corrected chi connectivity index (χ1v) is 16.7. The number of hydrogen-bond acceptors (Lipinski definition) is 8. The average molecular weight is 622 g/mol. The minimum Gasteiger partial charge on any atom is -0.475 e. The standard InChI is InChI=1S/C33H43N5O5S/c1-21(2)15-27-20-43-30-19-29(31-22(3)9-7-10-23(31)4)34-33(35-30)36-44(40,41)28-12-8-11-24(16-28)32(39)38(27)26-17-25(18-26)37(5)13-14-42-6/h7-12,16,19,21,25-27H,13-15,17-18,20H2,1-6H3,(H,34,35,36)/t25?,26?,27-/m1/s1. The summed E-state index contributed by atoms with van der Waals surface area (Å²) in [5, 5.41) is 0. The molecule has 1 aliphatic carbocycles. The van der Waals surface area contributed by atoms with E-state index in [0.29, 0.717) is 30.3 Å². The van der Waals surface area contributed by atoms with Crippen molar-refractivity contribution in [3.8, 4) is 17.1 Å². The summed E-state index contributed by atoms with van der Waals surface area (Å²) >= 11 is 0. The Hall–Kier alpha value is -3.54. The Morgan fingerprint density at radius 2 is 1.80 bits per heavy atom. The van der Waals surface area contributed by atoms with Gasteiger partial charge in [-0.1, -0.05) is 38.1 Å². The molecule has 1 N–H and O–H groups in total. The largest absolute Gasteiger partial charge is 0.475 e. The van der Waals surface area contributed by atoms with E-state index in [2.05, 4.69) is 40.5 Å². The van der Waals surface area contributed by atoms with E-state index in [4.69, 9.17) is 9.47 Å². The number of methoxy groups -OCH3 is 1. The molecule has 1 fully saturated rings. The third kappa shape index (κ3) is 6.90. The minimum absolute atomic E-state index is 0.0144.